The Morgan fingerprint density at radius 1 is 1.45 bits per heavy atom. The molecule has 0 aliphatic heterocycles. The van der Waals surface area contributed by atoms with Crippen LogP contribution in [0.1, 0.15) is 38.2 Å². The van der Waals surface area contributed by atoms with E-state index in [-0.39, 0.29) is 5.97 Å². The predicted molar refractivity (Wildman–Crippen MR) is 87.9 cm³/mol. The number of carbonyl (C=O) groups excluding carboxylic acids is 1. The largest absolute Gasteiger partial charge is 0.463 e. The van der Waals surface area contributed by atoms with Gasteiger partial charge in [0.1, 0.15) is 0 Å². The van der Waals surface area contributed by atoms with Crippen LogP contribution in [0.2, 0.25) is 0 Å². The van der Waals surface area contributed by atoms with E-state index in [0.29, 0.717) is 6.61 Å². The third-order valence-electron chi connectivity index (χ3n) is 3.25. The highest BCUT2D eigenvalue weighted by Gasteiger charge is 2.17. The summed E-state index contributed by atoms with van der Waals surface area (Å²) in [5.74, 6) is -0.298. The van der Waals surface area contributed by atoms with E-state index in [0.717, 1.165) is 15.3 Å². The van der Waals surface area contributed by atoms with Gasteiger partial charge in [-0.05, 0) is 59.5 Å². The zero-order valence-electron chi connectivity index (χ0n) is 11.6. The van der Waals surface area contributed by atoms with Crippen LogP contribution in [0.3, 0.4) is 0 Å². The quantitative estimate of drug-likeness (QED) is 0.545. The molecule has 1 aliphatic rings. The Morgan fingerprint density at radius 3 is 2.85 bits per heavy atom. The van der Waals surface area contributed by atoms with E-state index in [4.69, 9.17) is 4.74 Å². The molecule has 0 saturated heterocycles. The van der Waals surface area contributed by atoms with Gasteiger partial charge in [-0.3, -0.25) is 0 Å². The molecule has 0 radical (unpaired) electrons. The number of hydrogen-bond donors (Lipinski definition) is 0. The van der Waals surface area contributed by atoms with Gasteiger partial charge in [-0.2, -0.15) is 0 Å². The van der Waals surface area contributed by atoms with Gasteiger partial charge in [0.05, 0.1) is 6.61 Å². The first-order valence-corrected chi connectivity index (χ1v) is 8.67. The van der Waals surface area contributed by atoms with Gasteiger partial charge in [0.25, 0.3) is 0 Å². The smallest absolute Gasteiger partial charge is 0.330 e. The number of hydrogen-bond acceptors (Lipinski definition) is 3. The van der Waals surface area contributed by atoms with Gasteiger partial charge in [-0.25, -0.2) is 4.79 Å². The molecular weight excluding hydrogens is 336 g/mol. The lowest BCUT2D eigenvalue weighted by atomic mass is 10.2. The molecule has 1 aromatic rings. The molecule has 0 aromatic heterocycles. The molecular formula is C16H19BrO2S. The van der Waals surface area contributed by atoms with Gasteiger partial charge < -0.3 is 4.74 Å². The van der Waals surface area contributed by atoms with Crippen molar-refractivity contribution in [3.63, 3.8) is 0 Å². The molecule has 1 saturated carbocycles. The molecule has 1 aliphatic carbocycles. The van der Waals surface area contributed by atoms with Crippen molar-refractivity contribution >= 4 is 39.7 Å². The van der Waals surface area contributed by atoms with Crippen LogP contribution < -0.4 is 0 Å². The fourth-order valence-electron chi connectivity index (χ4n) is 2.26. The van der Waals surface area contributed by atoms with Crippen molar-refractivity contribution in [3.8, 4) is 0 Å². The predicted octanol–water partition coefficient (Wildman–Crippen LogP) is 5.06. The second kappa shape index (κ2) is 7.89. The summed E-state index contributed by atoms with van der Waals surface area (Å²) in [4.78, 5) is 12.6. The van der Waals surface area contributed by atoms with Crippen molar-refractivity contribution < 1.29 is 9.53 Å². The Labute approximate surface area is 133 Å². The standard InChI is InChI=1S/C16H19BrO2S/c1-2-19-16(18)10-8-12-7-9-15(14(17)11-12)20-13-5-3-4-6-13/h7-11,13H,2-6H2,1H3/b10-8+. The summed E-state index contributed by atoms with van der Waals surface area (Å²) in [6.45, 7) is 2.21. The van der Waals surface area contributed by atoms with E-state index < -0.39 is 0 Å². The zero-order chi connectivity index (χ0) is 14.4. The van der Waals surface area contributed by atoms with E-state index >= 15 is 0 Å². The number of rotatable bonds is 5. The van der Waals surface area contributed by atoms with E-state index in [1.165, 1.54) is 36.7 Å². The van der Waals surface area contributed by atoms with E-state index in [9.17, 15) is 4.79 Å². The lowest BCUT2D eigenvalue weighted by molar-refractivity contribution is -0.137. The summed E-state index contributed by atoms with van der Waals surface area (Å²) in [7, 11) is 0. The summed E-state index contributed by atoms with van der Waals surface area (Å²) in [6.07, 6.45) is 8.61. The second-order valence-electron chi connectivity index (χ2n) is 4.80. The van der Waals surface area contributed by atoms with Crippen LogP contribution in [-0.2, 0) is 9.53 Å². The summed E-state index contributed by atoms with van der Waals surface area (Å²) in [6, 6.07) is 6.21. The molecule has 108 valence electrons. The summed E-state index contributed by atoms with van der Waals surface area (Å²) in [5.41, 5.74) is 1.00. The van der Waals surface area contributed by atoms with Gasteiger partial charge >= 0.3 is 5.97 Å². The Kier molecular flexibility index (Phi) is 6.17. The molecule has 0 bridgehead atoms. The van der Waals surface area contributed by atoms with Crippen LogP contribution in [0.5, 0.6) is 0 Å². The highest BCUT2D eigenvalue weighted by Crippen LogP contribution is 2.38. The number of thioether (sulfide) groups is 1. The van der Waals surface area contributed by atoms with Gasteiger partial charge in [-0.15, -0.1) is 11.8 Å². The van der Waals surface area contributed by atoms with Crippen molar-refractivity contribution in [2.45, 2.75) is 42.8 Å². The molecule has 0 atom stereocenters. The first kappa shape index (κ1) is 15.6. The third-order valence-corrected chi connectivity index (χ3v) is 5.58. The van der Waals surface area contributed by atoms with Crippen LogP contribution in [-0.4, -0.2) is 17.8 Å². The molecule has 2 nitrogen and oxygen atoms in total. The maximum Gasteiger partial charge on any atom is 0.330 e. The molecule has 0 N–H and O–H groups in total. The van der Waals surface area contributed by atoms with Gasteiger partial charge in [-0.1, -0.05) is 18.9 Å². The molecule has 0 spiro atoms. The number of ether oxygens (including phenoxy) is 1. The molecule has 20 heavy (non-hydrogen) atoms. The molecule has 4 heteroatoms. The molecule has 0 unspecified atom stereocenters. The van der Waals surface area contributed by atoms with E-state index in [1.807, 2.05) is 23.9 Å². The van der Waals surface area contributed by atoms with Crippen molar-refractivity contribution in [3.05, 3.63) is 34.3 Å². The number of halogens is 1. The highest BCUT2D eigenvalue weighted by atomic mass is 79.9. The van der Waals surface area contributed by atoms with Crippen LogP contribution in [0.25, 0.3) is 6.08 Å². The average molecular weight is 355 g/mol. The van der Waals surface area contributed by atoms with Crippen LogP contribution in [0.15, 0.2) is 33.6 Å². The number of benzene rings is 1. The monoisotopic (exact) mass is 354 g/mol. The topological polar surface area (TPSA) is 26.3 Å². The van der Waals surface area contributed by atoms with Crippen LogP contribution in [0.4, 0.5) is 0 Å². The van der Waals surface area contributed by atoms with Crippen LogP contribution in [0, 0.1) is 0 Å². The maximum absolute atomic E-state index is 11.3. The molecule has 0 amide bonds. The Hall–Kier alpha value is -0.740. The molecule has 0 heterocycles. The summed E-state index contributed by atoms with van der Waals surface area (Å²) < 4.78 is 5.96. The van der Waals surface area contributed by atoms with Gasteiger partial charge in [0, 0.05) is 20.7 Å². The maximum atomic E-state index is 11.3. The number of carbonyl (C=O) groups is 1. The second-order valence-corrected chi connectivity index (χ2v) is 7.00. The number of esters is 1. The normalized spacial score (nSPS) is 15.9. The lowest BCUT2D eigenvalue weighted by Gasteiger charge is -2.10. The zero-order valence-corrected chi connectivity index (χ0v) is 14.0. The Morgan fingerprint density at radius 2 is 2.20 bits per heavy atom. The molecule has 2 rings (SSSR count). The lowest BCUT2D eigenvalue weighted by Crippen LogP contribution is -1.98. The van der Waals surface area contributed by atoms with Crippen molar-refractivity contribution in [1.82, 2.24) is 0 Å². The molecule has 1 fully saturated rings. The fourth-order valence-corrected chi connectivity index (χ4v) is 4.18. The fraction of sp³-hybridized carbons (Fsp3) is 0.438. The minimum Gasteiger partial charge on any atom is -0.463 e. The third kappa shape index (κ3) is 4.67. The highest BCUT2D eigenvalue weighted by molar-refractivity contribution is 9.10. The van der Waals surface area contributed by atoms with Crippen LogP contribution >= 0.6 is 27.7 Å². The van der Waals surface area contributed by atoms with Crippen molar-refractivity contribution in [1.29, 1.82) is 0 Å². The van der Waals surface area contributed by atoms with Gasteiger partial charge in [0.2, 0.25) is 0 Å². The summed E-state index contributed by atoms with van der Waals surface area (Å²) in [5, 5.41) is 0.757. The minimum absolute atomic E-state index is 0.298. The first-order valence-electron chi connectivity index (χ1n) is 7.00. The minimum atomic E-state index is -0.298. The Balaban J connectivity index is 1.99. The SMILES string of the molecule is CCOC(=O)/C=C/c1ccc(SC2CCCC2)c(Br)c1. The Bertz CT molecular complexity index is 493. The average Bonchev–Trinajstić information content (AvgIpc) is 2.92. The van der Waals surface area contributed by atoms with E-state index in [1.54, 1.807) is 13.0 Å². The molecule has 1 aromatic carbocycles. The van der Waals surface area contributed by atoms with E-state index in [2.05, 4.69) is 22.0 Å². The summed E-state index contributed by atoms with van der Waals surface area (Å²) >= 11 is 5.58. The van der Waals surface area contributed by atoms with Crippen molar-refractivity contribution in [2.24, 2.45) is 0 Å². The van der Waals surface area contributed by atoms with Crippen molar-refractivity contribution in [2.75, 3.05) is 6.61 Å². The first-order chi connectivity index (χ1) is 9.69. The van der Waals surface area contributed by atoms with Gasteiger partial charge in [0.15, 0.2) is 0 Å².